The zero-order chi connectivity index (χ0) is 17.7. The van der Waals surface area contributed by atoms with Crippen LogP contribution >= 0.6 is 0 Å². The van der Waals surface area contributed by atoms with E-state index in [0.29, 0.717) is 17.7 Å². The van der Waals surface area contributed by atoms with Gasteiger partial charge in [0.25, 0.3) is 11.6 Å². The Labute approximate surface area is 143 Å². The summed E-state index contributed by atoms with van der Waals surface area (Å²) in [6, 6.07) is 4.47. The van der Waals surface area contributed by atoms with Gasteiger partial charge in [0.2, 0.25) is 0 Å². The average molecular weight is 333 g/mol. The first-order chi connectivity index (χ1) is 11.4. The molecule has 0 bridgehead atoms. The molecule has 1 heterocycles. The molecule has 2 atom stereocenters. The van der Waals surface area contributed by atoms with E-state index in [4.69, 9.17) is 0 Å². The number of hydrogen-bond donors (Lipinski definition) is 1. The maximum Gasteiger partial charge on any atom is 0.272 e. The molecule has 1 amide bonds. The summed E-state index contributed by atoms with van der Waals surface area (Å²) < 4.78 is 0. The maximum atomic E-state index is 12.1. The Hall–Kier alpha value is -1.95. The Balaban J connectivity index is 1.77. The smallest absolute Gasteiger partial charge is 0.272 e. The van der Waals surface area contributed by atoms with Gasteiger partial charge in [-0.3, -0.25) is 14.9 Å². The van der Waals surface area contributed by atoms with Gasteiger partial charge in [-0.25, -0.2) is 0 Å². The Morgan fingerprint density at radius 2 is 2.00 bits per heavy atom. The van der Waals surface area contributed by atoms with Gasteiger partial charge in [-0.05, 0) is 50.3 Å². The second-order valence-electron chi connectivity index (χ2n) is 7.07. The summed E-state index contributed by atoms with van der Waals surface area (Å²) in [5, 5.41) is 13.7. The van der Waals surface area contributed by atoms with Gasteiger partial charge in [0.05, 0.1) is 4.92 Å². The number of nitro benzene ring substituents is 1. The number of nitrogens with one attached hydrogen (secondary N) is 1. The molecule has 1 aliphatic heterocycles. The maximum absolute atomic E-state index is 12.1. The van der Waals surface area contributed by atoms with Crippen molar-refractivity contribution in [2.75, 3.05) is 26.2 Å². The van der Waals surface area contributed by atoms with Gasteiger partial charge in [0.15, 0.2) is 0 Å². The van der Waals surface area contributed by atoms with E-state index in [1.165, 1.54) is 18.6 Å². The molecule has 6 heteroatoms. The zero-order valence-corrected chi connectivity index (χ0v) is 14.7. The number of nitrogens with zero attached hydrogens (tertiary/aromatic N) is 2. The molecule has 0 saturated carbocycles. The van der Waals surface area contributed by atoms with Crippen LogP contribution in [0.25, 0.3) is 0 Å². The quantitative estimate of drug-likeness (QED) is 0.493. The Kier molecular flexibility index (Phi) is 6.31. The van der Waals surface area contributed by atoms with Gasteiger partial charge in [-0.15, -0.1) is 0 Å². The third kappa shape index (κ3) is 5.03. The average Bonchev–Trinajstić information content (AvgIpc) is 2.50. The van der Waals surface area contributed by atoms with Crippen LogP contribution in [0, 0.1) is 28.9 Å². The summed E-state index contributed by atoms with van der Waals surface area (Å²) >= 11 is 0. The van der Waals surface area contributed by atoms with Gasteiger partial charge >= 0.3 is 0 Å². The molecule has 1 N–H and O–H groups in total. The lowest BCUT2D eigenvalue weighted by Crippen LogP contribution is -2.40. The normalized spacial score (nSPS) is 21.5. The van der Waals surface area contributed by atoms with Crippen LogP contribution < -0.4 is 5.32 Å². The number of hydrogen-bond acceptors (Lipinski definition) is 4. The first kappa shape index (κ1) is 18.4. The molecule has 1 aromatic carbocycles. The van der Waals surface area contributed by atoms with Crippen LogP contribution in [-0.4, -0.2) is 41.9 Å². The molecule has 6 nitrogen and oxygen atoms in total. The lowest BCUT2D eigenvalue weighted by molar-refractivity contribution is -0.385. The molecule has 0 aliphatic carbocycles. The van der Waals surface area contributed by atoms with E-state index in [-0.39, 0.29) is 11.6 Å². The van der Waals surface area contributed by atoms with Crippen molar-refractivity contribution >= 4 is 11.6 Å². The van der Waals surface area contributed by atoms with Crippen molar-refractivity contribution in [1.82, 2.24) is 10.2 Å². The van der Waals surface area contributed by atoms with Crippen LogP contribution in [0.5, 0.6) is 0 Å². The molecule has 24 heavy (non-hydrogen) atoms. The summed E-state index contributed by atoms with van der Waals surface area (Å²) in [7, 11) is 0. The highest BCUT2D eigenvalue weighted by atomic mass is 16.6. The number of likely N-dealkylation sites (tertiary alicyclic amines) is 1. The molecular weight excluding hydrogens is 306 g/mol. The fourth-order valence-electron chi connectivity index (χ4n) is 3.58. The number of piperidine rings is 1. The third-order valence-electron chi connectivity index (χ3n) is 4.54. The van der Waals surface area contributed by atoms with Crippen molar-refractivity contribution in [1.29, 1.82) is 0 Å². The molecule has 1 aromatic rings. The molecule has 0 aromatic heterocycles. The summed E-state index contributed by atoms with van der Waals surface area (Å²) in [6.07, 6.45) is 2.21. The lowest BCUT2D eigenvalue weighted by Gasteiger charge is -2.34. The molecule has 0 radical (unpaired) electrons. The Morgan fingerprint density at radius 1 is 1.33 bits per heavy atom. The van der Waals surface area contributed by atoms with Gasteiger partial charge < -0.3 is 10.2 Å². The number of carbonyl (C=O) groups excluding carboxylic acids is 1. The molecule has 132 valence electrons. The van der Waals surface area contributed by atoms with Crippen LogP contribution in [-0.2, 0) is 0 Å². The van der Waals surface area contributed by atoms with E-state index >= 15 is 0 Å². The van der Waals surface area contributed by atoms with Crippen molar-refractivity contribution in [3.05, 3.63) is 39.4 Å². The molecule has 0 spiro atoms. The molecule has 1 saturated heterocycles. The number of rotatable bonds is 6. The molecular formula is C18H27N3O3. The summed E-state index contributed by atoms with van der Waals surface area (Å²) in [5.41, 5.74) is 1.02. The van der Waals surface area contributed by atoms with Gasteiger partial charge in [-0.2, -0.15) is 0 Å². The van der Waals surface area contributed by atoms with E-state index in [9.17, 15) is 14.9 Å². The highest BCUT2D eigenvalue weighted by Gasteiger charge is 2.21. The highest BCUT2D eigenvalue weighted by Crippen LogP contribution is 2.21. The predicted octanol–water partition coefficient (Wildman–Crippen LogP) is 3.00. The largest absolute Gasteiger partial charge is 0.352 e. The van der Waals surface area contributed by atoms with Crippen molar-refractivity contribution in [3.8, 4) is 0 Å². The van der Waals surface area contributed by atoms with Crippen LogP contribution in [0.1, 0.15) is 42.6 Å². The predicted molar refractivity (Wildman–Crippen MR) is 94.2 cm³/mol. The Morgan fingerprint density at radius 3 is 2.58 bits per heavy atom. The number of amides is 1. The minimum atomic E-state index is -0.433. The van der Waals surface area contributed by atoms with Crippen molar-refractivity contribution in [2.24, 2.45) is 11.8 Å². The minimum absolute atomic E-state index is 0.0416. The third-order valence-corrected chi connectivity index (χ3v) is 4.54. The standard InChI is InChI=1S/C18H27N3O3/c1-13-9-14(2)12-20(11-13)8-4-7-19-18(22)16-5-6-17(21(23)24)15(3)10-16/h5-6,10,13-14H,4,7-9,11-12H2,1-3H3,(H,19,22)/t13-,14-/m1/s1. The van der Waals surface area contributed by atoms with Crippen molar-refractivity contribution < 1.29 is 9.72 Å². The summed E-state index contributed by atoms with van der Waals surface area (Å²) in [6.45, 7) is 10.1. The lowest BCUT2D eigenvalue weighted by atomic mass is 9.92. The number of nitro groups is 1. The van der Waals surface area contributed by atoms with Crippen LogP contribution in [0.4, 0.5) is 5.69 Å². The van der Waals surface area contributed by atoms with E-state index in [1.54, 1.807) is 13.0 Å². The first-order valence-electron chi connectivity index (χ1n) is 8.62. The molecule has 1 aliphatic rings. The number of carbonyl (C=O) groups is 1. The van der Waals surface area contributed by atoms with Gasteiger partial charge in [0.1, 0.15) is 0 Å². The fraction of sp³-hybridized carbons (Fsp3) is 0.611. The number of aryl methyl sites for hydroxylation is 1. The van der Waals surface area contributed by atoms with Gasteiger partial charge in [0, 0.05) is 36.8 Å². The monoisotopic (exact) mass is 333 g/mol. The zero-order valence-electron chi connectivity index (χ0n) is 14.7. The minimum Gasteiger partial charge on any atom is -0.352 e. The molecule has 1 fully saturated rings. The second-order valence-corrected chi connectivity index (χ2v) is 7.07. The van der Waals surface area contributed by atoms with Crippen molar-refractivity contribution in [3.63, 3.8) is 0 Å². The van der Waals surface area contributed by atoms with Crippen LogP contribution in [0.3, 0.4) is 0 Å². The van der Waals surface area contributed by atoms with Crippen LogP contribution in [0.15, 0.2) is 18.2 Å². The first-order valence-corrected chi connectivity index (χ1v) is 8.62. The summed E-state index contributed by atoms with van der Waals surface area (Å²) in [4.78, 5) is 25.0. The Bertz CT molecular complexity index is 593. The van der Waals surface area contributed by atoms with E-state index < -0.39 is 4.92 Å². The topological polar surface area (TPSA) is 75.5 Å². The van der Waals surface area contributed by atoms with Crippen molar-refractivity contribution in [2.45, 2.75) is 33.6 Å². The van der Waals surface area contributed by atoms with E-state index in [1.807, 2.05) is 0 Å². The van der Waals surface area contributed by atoms with Crippen LogP contribution in [0.2, 0.25) is 0 Å². The van der Waals surface area contributed by atoms with Gasteiger partial charge in [-0.1, -0.05) is 13.8 Å². The number of benzene rings is 1. The second kappa shape index (κ2) is 8.24. The molecule has 2 rings (SSSR count). The summed E-state index contributed by atoms with van der Waals surface area (Å²) in [5.74, 6) is 1.31. The SMILES string of the molecule is Cc1cc(C(=O)NCCCN2C[C@H](C)C[C@@H](C)C2)ccc1[N+](=O)[O-]. The van der Waals surface area contributed by atoms with E-state index in [0.717, 1.165) is 37.9 Å². The molecule has 0 unspecified atom stereocenters. The fourth-order valence-corrected chi connectivity index (χ4v) is 3.58. The van der Waals surface area contributed by atoms with E-state index in [2.05, 4.69) is 24.1 Å². The highest BCUT2D eigenvalue weighted by molar-refractivity contribution is 5.94.